The summed E-state index contributed by atoms with van der Waals surface area (Å²) >= 11 is 0. The van der Waals surface area contributed by atoms with Crippen molar-refractivity contribution in [1.82, 2.24) is 4.90 Å². The summed E-state index contributed by atoms with van der Waals surface area (Å²) in [5.74, 6) is -0.336. The Bertz CT molecular complexity index is 525. The van der Waals surface area contributed by atoms with E-state index in [0.29, 0.717) is 12.1 Å². The van der Waals surface area contributed by atoms with Gasteiger partial charge in [-0.1, -0.05) is 85.7 Å². The third-order valence-corrected chi connectivity index (χ3v) is 3.07. The van der Waals surface area contributed by atoms with Gasteiger partial charge in [-0.25, -0.2) is 0 Å². The standard InChI is InChI=1S/C10H15NO2.C8H10.2C2H6/c1-7-5-8(12)11(9(7)13)6-10(2,3)4;1-2-8-6-4-3-5-7-8;2*1-2/h5H,6H2,1-4H3;3-7H,2H2,1H3;2*1-2H3. The van der Waals surface area contributed by atoms with Crippen molar-refractivity contribution >= 4 is 11.8 Å². The third kappa shape index (κ3) is 10.5. The van der Waals surface area contributed by atoms with Crippen LogP contribution in [0.5, 0.6) is 0 Å². The number of benzene rings is 1. The number of carbonyl (C=O) groups is 2. The second kappa shape index (κ2) is 13.4. The molecule has 0 radical (unpaired) electrons. The van der Waals surface area contributed by atoms with Crippen molar-refractivity contribution in [2.24, 2.45) is 5.41 Å². The largest absolute Gasteiger partial charge is 0.275 e. The molecular weight excluding hydrogens is 310 g/mol. The van der Waals surface area contributed by atoms with E-state index in [-0.39, 0.29) is 17.2 Å². The predicted molar refractivity (Wildman–Crippen MR) is 108 cm³/mol. The second-order valence-electron chi connectivity index (χ2n) is 6.46. The Kier molecular flexibility index (Phi) is 13.6. The SMILES string of the molecule is CC.CC.CC1=CC(=O)N(CC(C)(C)C)C1=O.CCc1ccccc1. The molecule has 1 aromatic rings. The molecule has 1 aliphatic rings. The molecule has 0 saturated heterocycles. The van der Waals surface area contributed by atoms with E-state index in [4.69, 9.17) is 0 Å². The molecule has 1 aliphatic heterocycles. The van der Waals surface area contributed by atoms with Crippen LogP contribution < -0.4 is 0 Å². The molecule has 0 fully saturated rings. The molecule has 0 aliphatic carbocycles. The van der Waals surface area contributed by atoms with Gasteiger partial charge >= 0.3 is 0 Å². The molecule has 3 nitrogen and oxygen atoms in total. The van der Waals surface area contributed by atoms with E-state index in [1.807, 2.05) is 54.5 Å². The van der Waals surface area contributed by atoms with Crippen LogP contribution in [0.2, 0.25) is 0 Å². The van der Waals surface area contributed by atoms with Crippen LogP contribution in [0.25, 0.3) is 0 Å². The van der Waals surface area contributed by atoms with Gasteiger partial charge in [0.1, 0.15) is 0 Å². The Balaban J connectivity index is 0. The summed E-state index contributed by atoms with van der Waals surface area (Å²) in [5.41, 5.74) is 1.91. The Morgan fingerprint density at radius 3 is 1.68 bits per heavy atom. The van der Waals surface area contributed by atoms with Crippen LogP contribution in [-0.4, -0.2) is 23.3 Å². The van der Waals surface area contributed by atoms with E-state index in [2.05, 4.69) is 31.2 Å². The zero-order valence-electron chi connectivity index (χ0n) is 17.6. The van der Waals surface area contributed by atoms with Crippen molar-refractivity contribution in [2.45, 2.75) is 68.7 Å². The molecule has 142 valence electrons. The summed E-state index contributed by atoms with van der Waals surface area (Å²) in [4.78, 5) is 24.0. The van der Waals surface area contributed by atoms with Crippen LogP contribution in [-0.2, 0) is 16.0 Å². The first-order valence-corrected chi connectivity index (χ1v) is 9.32. The summed E-state index contributed by atoms with van der Waals surface area (Å²) < 4.78 is 0. The number of amides is 2. The van der Waals surface area contributed by atoms with E-state index in [1.54, 1.807) is 6.92 Å². The van der Waals surface area contributed by atoms with Gasteiger partial charge in [-0.05, 0) is 24.3 Å². The quantitative estimate of drug-likeness (QED) is 0.648. The summed E-state index contributed by atoms with van der Waals surface area (Å²) in [7, 11) is 0. The molecule has 2 amide bonds. The average molecular weight is 348 g/mol. The monoisotopic (exact) mass is 347 g/mol. The highest BCUT2D eigenvalue weighted by Gasteiger charge is 2.31. The molecule has 0 N–H and O–H groups in total. The summed E-state index contributed by atoms with van der Waals surface area (Å²) in [6, 6.07) is 10.5. The minimum absolute atomic E-state index is 0.0379. The van der Waals surface area contributed by atoms with Crippen molar-refractivity contribution in [2.75, 3.05) is 6.54 Å². The first-order valence-electron chi connectivity index (χ1n) is 9.32. The Hall–Kier alpha value is -1.90. The predicted octanol–water partition coefficient (Wildman–Crippen LogP) is 5.65. The highest BCUT2D eigenvalue weighted by atomic mass is 16.2. The third-order valence-electron chi connectivity index (χ3n) is 3.07. The van der Waals surface area contributed by atoms with E-state index in [9.17, 15) is 9.59 Å². The highest BCUT2D eigenvalue weighted by Crippen LogP contribution is 2.20. The highest BCUT2D eigenvalue weighted by molar-refractivity contribution is 6.15. The van der Waals surface area contributed by atoms with Gasteiger partial charge < -0.3 is 0 Å². The summed E-state index contributed by atoms with van der Waals surface area (Å²) in [6.07, 6.45) is 2.54. The van der Waals surface area contributed by atoms with Gasteiger partial charge in [0.25, 0.3) is 11.8 Å². The fourth-order valence-corrected chi connectivity index (χ4v) is 1.98. The molecule has 1 heterocycles. The normalized spacial score (nSPS) is 12.8. The second-order valence-corrected chi connectivity index (χ2v) is 6.46. The lowest BCUT2D eigenvalue weighted by Gasteiger charge is -2.24. The van der Waals surface area contributed by atoms with Gasteiger partial charge in [0.2, 0.25) is 0 Å². The smallest absolute Gasteiger partial charge is 0.256 e. The van der Waals surface area contributed by atoms with Crippen LogP contribution in [0.15, 0.2) is 42.0 Å². The maximum atomic E-state index is 11.4. The Morgan fingerprint density at radius 2 is 1.40 bits per heavy atom. The van der Waals surface area contributed by atoms with Crippen LogP contribution in [0, 0.1) is 5.41 Å². The lowest BCUT2D eigenvalue weighted by atomic mass is 9.96. The lowest BCUT2D eigenvalue weighted by molar-refractivity contribution is -0.138. The number of imide groups is 1. The van der Waals surface area contributed by atoms with Gasteiger partial charge in [-0.3, -0.25) is 14.5 Å². The van der Waals surface area contributed by atoms with Gasteiger partial charge in [-0.2, -0.15) is 0 Å². The lowest BCUT2D eigenvalue weighted by Crippen LogP contribution is -2.37. The Morgan fingerprint density at radius 1 is 0.920 bits per heavy atom. The van der Waals surface area contributed by atoms with Crippen molar-refractivity contribution in [3.05, 3.63) is 47.5 Å². The summed E-state index contributed by atoms with van der Waals surface area (Å²) in [5, 5.41) is 0. The van der Waals surface area contributed by atoms with Crippen LogP contribution in [0.4, 0.5) is 0 Å². The molecule has 0 saturated carbocycles. The first kappa shape index (κ1) is 25.3. The van der Waals surface area contributed by atoms with Crippen LogP contribution in [0.3, 0.4) is 0 Å². The van der Waals surface area contributed by atoms with Crippen molar-refractivity contribution in [3.8, 4) is 0 Å². The minimum Gasteiger partial charge on any atom is -0.275 e. The number of hydrogen-bond acceptors (Lipinski definition) is 2. The molecule has 0 spiro atoms. The molecule has 2 rings (SSSR count). The minimum atomic E-state index is -0.183. The fourth-order valence-electron chi connectivity index (χ4n) is 1.98. The number of aryl methyl sites for hydroxylation is 1. The van der Waals surface area contributed by atoms with Crippen molar-refractivity contribution in [1.29, 1.82) is 0 Å². The molecular formula is C22H37NO2. The molecule has 0 bridgehead atoms. The molecule has 0 aromatic heterocycles. The van der Waals surface area contributed by atoms with Gasteiger partial charge in [0.15, 0.2) is 0 Å². The number of hydrogen-bond donors (Lipinski definition) is 0. The van der Waals surface area contributed by atoms with E-state index < -0.39 is 0 Å². The Labute approximate surface area is 155 Å². The molecule has 0 atom stereocenters. The van der Waals surface area contributed by atoms with E-state index >= 15 is 0 Å². The maximum Gasteiger partial charge on any atom is 0.256 e. The zero-order valence-corrected chi connectivity index (χ0v) is 17.6. The van der Waals surface area contributed by atoms with Gasteiger partial charge in [-0.15, -0.1) is 0 Å². The number of rotatable bonds is 2. The number of carbonyl (C=O) groups excluding carboxylic acids is 2. The maximum absolute atomic E-state index is 11.4. The van der Waals surface area contributed by atoms with Gasteiger partial charge in [0.05, 0.1) is 0 Å². The van der Waals surface area contributed by atoms with Crippen molar-refractivity contribution < 1.29 is 9.59 Å². The fraction of sp³-hybridized carbons (Fsp3) is 0.545. The van der Waals surface area contributed by atoms with Crippen LogP contribution in [0.1, 0.15) is 67.9 Å². The average Bonchev–Trinajstić information content (AvgIpc) is 2.85. The zero-order chi connectivity index (χ0) is 20.0. The van der Waals surface area contributed by atoms with Crippen molar-refractivity contribution in [3.63, 3.8) is 0 Å². The molecule has 3 heteroatoms. The molecule has 25 heavy (non-hydrogen) atoms. The first-order chi connectivity index (χ1) is 11.7. The topological polar surface area (TPSA) is 37.4 Å². The molecule has 0 unspecified atom stereocenters. The van der Waals surface area contributed by atoms with E-state index in [1.165, 1.54) is 16.5 Å². The van der Waals surface area contributed by atoms with E-state index in [0.717, 1.165) is 6.42 Å². The summed E-state index contributed by atoms with van der Waals surface area (Å²) in [6.45, 7) is 18.3. The molecule has 1 aromatic carbocycles. The van der Waals surface area contributed by atoms with Gasteiger partial charge in [0, 0.05) is 18.2 Å². The number of nitrogens with zero attached hydrogens (tertiary/aromatic N) is 1. The van der Waals surface area contributed by atoms with Crippen LogP contribution >= 0.6 is 0 Å².